The molecule has 0 aliphatic rings. The van der Waals surface area contributed by atoms with E-state index in [-0.39, 0.29) is 5.56 Å². The highest BCUT2D eigenvalue weighted by Gasteiger charge is 2.12. The molecule has 2 aromatic heterocycles. The first kappa shape index (κ1) is 14.0. The number of amides is 1. The van der Waals surface area contributed by atoms with Gasteiger partial charge in [0.25, 0.3) is 5.91 Å². The number of rotatable bonds is 4. The molecule has 0 unspecified atom stereocenters. The van der Waals surface area contributed by atoms with E-state index in [4.69, 9.17) is 4.42 Å². The molecule has 0 aliphatic heterocycles. The lowest BCUT2D eigenvalue weighted by atomic mass is 10.1. The summed E-state index contributed by atoms with van der Waals surface area (Å²) in [5, 5.41) is 3.45. The van der Waals surface area contributed by atoms with E-state index in [2.05, 4.69) is 10.3 Å². The van der Waals surface area contributed by atoms with Crippen LogP contribution >= 0.6 is 0 Å². The normalized spacial score (nSPS) is 10.5. The molecule has 0 atom stereocenters. The smallest absolute Gasteiger partial charge is 0.349 e. The van der Waals surface area contributed by atoms with Gasteiger partial charge in [-0.25, -0.2) is 4.79 Å². The Morgan fingerprint density at radius 1 is 1.18 bits per heavy atom. The standard InChI is InChI=1S/C17H14N2O3/c20-16(19-9-7-12-4-3-8-18-11-12)14-10-13-5-1-2-6-15(13)22-17(14)21/h1-6,8,10-11H,7,9H2,(H,19,20). The van der Waals surface area contributed by atoms with E-state index in [1.807, 2.05) is 18.2 Å². The van der Waals surface area contributed by atoms with Gasteiger partial charge in [0.05, 0.1) is 0 Å². The molecular weight excluding hydrogens is 280 g/mol. The van der Waals surface area contributed by atoms with Gasteiger partial charge in [-0.2, -0.15) is 0 Å². The van der Waals surface area contributed by atoms with Gasteiger partial charge in [-0.3, -0.25) is 9.78 Å². The van der Waals surface area contributed by atoms with Crippen LogP contribution in [0, 0.1) is 0 Å². The van der Waals surface area contributed by atoms with E-state index in [9.17, 15) is 9.59 Å². The van der Waals surface area contributed by atoms with E-state index in [0.29, 0.717) is 18.5 Å². The summed E-state index contributed by atoms with van der Waals surface area (Å²) in [4.78, 5) is 28.0. The van der Waals surface area contributed by atoms with Crippen molar-refractivity contribution in [3.05, 3.63) is 76.4 Å². The molecule has 0 saturated carbocycles. The molecule has 0 fully saturated rings. The van der Waals surface area contributed by atoms with Crippen LogP contribution in [0.25, 0.3) is 11.0 Å². The van der Waals surface area contributed by atoms with Crippen molar-refractivity contribution in [2.75, 3.05) is 6.54 Å². The number of para-hydroxylation sites is 1. The van der Waals surface area contributed by atoms with Crippen LogP contribution in [0.3, 0.4) is 0 Å². The minimum Gasteiger partial charge on any atom is -0.422 e. The zero-order chi connectivity index (χ0) is 15.4. The van der Waals surface area contributed by atoms with Crippen molar-refractivity contribution >= 4 is 16.9 Å². The average Bonchev–Trinajstić information content (AvgIpc) is 2.55. The van der Waals surface area contributed by atoms with E-state index in [1.165, 1.54) is 0 Å². The maximum Gasteiger partial charge on any atom is 0.349 e. The topological polar surface area (TPSA) is 72.2 Å². The molecule has 5 heteroatoms. The molecule has 5 nitrogen and oxygen atoms in total. The van der Waals surface area contributed by atoms with Crippen LogP contribution in [0.5, 0.6) is 0 Å². The molecule has 110 valence electrons. The number of aromatic nitrogens is 1. The molecule has 1 amide bonds. The fourth-order valence-electron chi connectivity index (χ4n) is 2.18. The lowest BCUT2D eigenvalue weighted by Gasteiger charge is -2.05. The van der Waals surface area contributed by atoms with Crippen molar-refractivity contribution in [3.63, 3.8) is 0 Å². The van der Waals surface area contributed by atoms with Crippen molar-refractivity contribution in [2.24, 2.45) is 0 Å². The summed E-state index contributed by atoms with van der Waals surface area (Å²) in [5.74, 6) is -0.427. The summed E-state index contributed by atoms with van der Waals surface area (Å²) in [7, 11) is 0. The van der Waals surface area contributed by atoms with Crippen molar-refractivity contribution < 1.29 is 9.21 Å². The number of hydrogen-bond acceptors (Lipinski definition) is 4. The van der Waals surface area contributed by atoms with Gasteiger partial charge in [-0.1, -0.05) is 24.3 Å². The third-order valence-corrected chi connectivity index (χ3v) is 3.31. The summed E-state index contributed by atoms with van der Waals surface area (Å²) in [6.07, 6.45) is 4.09. The summed E-state index contributed by atoms with van der Waals surface area (Å²) in [5.41, 5.74) is 0.884. The Kier molecular flexibility index (Phi) is 3.96. The largest absolute Gasteiger partial charge is 0.422 e. The number of benzene rings is 1. The van der Waals surface area contributed by atoms with Crippen LogP contribution in [-0.2, 0) is 6.42 Å². The Labute approximate surface area is 126 Å². The van der Waals surface area contributed by atoms with Gasteiger partial charge in [0.2, 0.25) is 0 Å². The number of pyridine rings is 1. The molecular formula is C17H14N2O3. The third kappa shape index (κ3) is 3.03. The molecule has 3 aromatic rings. The highest BCUT2D eigenvalue weighted by molar-refractivity contribution is 5.96. The number of carbonyl (C=O) groups excluding carboxylic acids is 1. The highest BCUT2D eigenvalue weighted by Crippen LogP contribution is 2.12. The fraction of sp³-hybridized carbons (Fsp3) is 0.118. The Balaban J connectivity index is 1.72. The molecule has 0 aliphatic carbocycles. The first-order valence-electron chi connectivity index (χ1n) is 6.94. The van der Waals surface area contributed by atoms with Crippen molar-refractivity contribution in [3.8, 4) is 0 Å². The second-order valence-corrected chi connectivity index (χ2v) is 4.85. The summed E-state index contributed by atoms with van der Waals surface area (Å²) in [6.45, 7) is 0.427. The van der Waals surface area contributed by atoms with Gasteiger partial charge >= 0.3 is 5.63 Å². The number of fused-ring (bicyclic) bond motifs is 1. The zero-order valence-electron chi connectivity index (χ0n) is 11.8. The number of carbonyl (C=O) groups is 1. The van der Waals surface area contributed by atoms with Gasteiger partial charge in [0.15, 0.2) is 0 Å². The van der Waals surface area contributed by atoms with Gasteiger partial charge in [-0.15, -0.1) is 0 Å². The van der Waals surface area contributed by atoms with E-state index < -0.39 is 11.5 Å². The van der Waals surface area contributed by atoms with Crippen LogP contribution in [0.15, 0.2) is 64.1 Å². The highest BCUT2D eigenvalue weighted by atomic mass is 16.4. The average molecular weight is 294 g/mol. The summed E-state index contributed by atoms with van der Waals surface area (Å²) in [6, 6.07) is 12.4. The molecule has 3 rings (SSSR count). The number of hydrogen-bond donors (Lipinski definition) is 1. The lowest BCUT2D eigenvalue weighted by molar-refractivity contribution is 0.0950. The Morgan fingerprint density at radius 2 is 2.05 bits per heavy atom. The van der Waals surface area contributed by atoms with Gasteiger partial charge in [0.1, 0.15) is 11.1 Å². The zero-order valence-corrected chi connectivity index (χ0v) is 11.8. The van der Waals surface area contributed by atoms with Crippen LogP contribution in [0.1, 0.15) is 15.9 Å². The SMILES string of the molecule is O=C(NCCc1cccnc1)c1cc2ccccc2oc1=O. The molecule has 0 saturated heterocycles. The van der Waals surface area contributed by atoms with Gasteiger partial charge in [0, 0.05) is 24.3 Å². The van der Waals surface area contributed by atoms with E-state index in [1.54, 1.807) is 36.7 Å². The molecule has 0 bridgehead atoms. The van der Waals surface area contributed by atoms with Crippen molar-refractivity contribution in [1.29, 1.82) is 0 Å². The molecule has 2 heterocycles. The van der Waals surface area contributed by atoms with Crippen LogP contribution in [0.2, 0.25) is 0 Å². The van der Waals surface area contributed by atoms with Crippen LogP contribution in [-0.4, -0.2) is 17.4 Å². The molecule has 0 spiro atoms. The first-order valence-corrected chi connectivity index (χ1v) is 6.94. The number of nitrogens with zero attached hydrogens (tertiary/aromatic N) is 1. The summed E-state index contributed by atoms with van der Waals surface area (Å²) < 4.78 is 5.15. The first-order chi connectivity index (χ1) is 10.7. The Morgan fingerprint density at radius 3 is 2.86 bits per heavy atom. The minimum absolute atomic E-state index is 0.0184. The predicted octanol–water partition coefficient (Wildman–Crippen LogP) is 2.16. The summed E-state index contributed by atoms with van der Waals surface area (Å²) >= 11 is 0. The second-order valence-electron chi connectivity index (χ2n) is 4.85. The maximum atomic E-state index is 12.1. The molecule has 0 radical (unpaired) electrons. The van der Waals surface area contributed by atoms with Crippen LogP contribution < -0.4 is 10.9 Å². The quantitative estimate of drug-likeness (QED) is 0.748. The van der Waals surface area contributed by atoms with Gasteiger partial charge < -0.3 is 9.73 Å². The maximum absolute atomic E-state index is 12.1. The van der Waals surface area contributed by atoms with Crippen molar-refractivity contribution in [1.82, 2.24) is 10.3 Å². The van der Waals surface area contributed by atoms with Crippen molar-refractivity contribution in [2.45, 2.75) is 6.42 Å². The fourth-order valence-corrected chi connectivity index (χ4v) is 2.18. The second kappa shape index (κ2) is 6.22. The number of nitrogens with one attached hydrogen (secondary N) is 1. The van der Waals surface area contributed by atoms with Gasteiger partial charge in [-0.05, 0) is 30.2 Å². The Hall–Kier alpha value is -2.95. The Bertz CT molecular complexity index is 856. The lowest BCUT2D eigenvalue weighted by Crippen LogP contribution is -2.29. The monoisotopic (exact) mass is 294 g/mol. The van der Waals surface area contributed by atoms with Crippen LogP contribution in [0.4, 0.5) is 0 Å². The molecule has 1 N–H and O–H groups in total. The molecule has 1 aromatic carbocycles. The third-order valence-electron chi connectivity index (χ3n) is 3.31. The van der Waals surface area contributed by atoms with E-state index >= 15 is 0 Å². The predicted molar refractivity (Wildman–Crippen MR) is 82.8 cm³/mol. The van der Waals surface area contributed by atoms with E-state index in [0.717, 1.165) is 10.9 Å². The molecule has 22 heavy (non-hydrogen) atoms. The minimum atomic E-state index is -0.627.